The van der Waals surface area contributed by atoms with E-state index in [0.29, 0.717) is 6.54 Å². The van der Waals surface area contributed by atoms with Gasteiger partial charge in [-0.05, 0) is 18.6 Å². The van der Waals surface area contributed by atoms with Crippen molar-refractivity contribution < 1.29 is 9.53 Å². The standard InChI is InChI=1S/C14H19NO2/c1-4-11-9-15(14(16)10(2)3)12-7-5-6-8-13(12)17-11/h5-8,10-11H,4,9H2,1-3H3. The molecule has 1 aliphatic heterocycles. The quantitative estimate of drug-likeness (QED) is 0.786. The highest BCUT2D eigenvalue weighted by atomic mass is 16.5. The summed E-state index contributed by atoms with van der Waals surface area (Å²) in [7, 11) is 0. The molecule has 1 amide bonds. The maximum absolute atomic E-state index is 12.2. The molecule has 0 aliphatic carbocycles. The number of rotatable bonds is 2. The second kappa shape index (κ2) is 4.78. The lowest BCUT2D eigenvalue weighted by Crippen LogP contribution is -2.44. The topological polar surface area (TPSA) is 29.5 Å². The van der Waals surface area contributed by atoms with Crippen molar-refractivity contribution in [1.29, 1.82) is 0 Å². The summed E-state index contributed by atoms with van der Waals surface area (Å²) in [6, 6.07) is 7.75. The van der Waals surface area contributed by atoms with E-state index in [4.69, 9.17) is 4.74 Å². The van der Waals surface area contributed by atoms with Crippen LogP contribution in [0.3, 0.4) is 0 Å². The van der Waals surface area contributed by atoms with Crippen molar-refractivity contribution in [3.05, 3.63) is 24.3 Å². The van der Waals surface area contributed by atoms with E-state index in [2.05, 4.69) is 6.92 Å². The van der Waals surface area contributed by atoms with Gasteiger partial charge in [-0.25, -0.2) is 0 Å². The summed E-state index contributed by atoms with van der Waals surface area (Å²) >= 11 is 0. The molecule has 0 bridgehead atoms. The molecule has 3 heteroatoms. The molecule has 92 valence electrons. The van der Waals surface area contributed by atoms with Crippen LogP contribution in [-0.2, 0) is 4.79 Å². The third-order valence-electron chi connectivity index (χ3n) is 3.05. The van der Waals surface area contributed by atoms with Gasteiger partial charge < -0.3 is 9.64 Å². The number of benzene rings is 1. The fraction of sp³-hybridized carbons (Fsp3) is 0.500. The van der Waals surface area contributed by atoms with Gasteiger partial charge in [-0.15, -0.1) is 0 Å². The van der Waals surface area contributed by atoms with E-state index in [0.717, 1.165) is 17.9 Å². The molecule has 0 saturated carbocycles. The van der Waals surface area contributed by atoms with Crippen LogP contribution < -0.4 is 9.64 Å². The minimum atomic E-state index is 0.0127. The van der Waals surface area contributed by atoms with E-state index < -0.39 is 0 Å². The predicted octanol–water partition coefficient (Wildman–Crippen LogP) is 2.85. The summed E-state index contributed by atoms with van der Waals surface area (Å²) < 4.78 is 5.85. The monoisotopic (exact) mass is 233 g/mol. The van der Waals surface area contributed by atoms with Crippen LogP contribution in [0.2, 0.25) is 0 Å². The fourth-order valence-electron chi connectivity index (χ4n) is 2.03. The molecule has 0 saturated heterocycles. The molecule has 0 aromatic heterocycles. The normalized spacial score (nSPS) is 18.8. The first kappa shape index (κ1) is 12.0. The largest absolute Gasteiger partial charge is 0.486 e. The van der Waals surface area contributed by atoms with E-state index in [-0.39, 0.29) is 17.9 Å². The number of fused-ring (bicyclic) bond motifs is 1. The van der Waals surface area contributed by atoms with E-state index in [1.54, 1.807) is 0 Å². The maximum Gasteiger partial charge on any atom is 0.229 e. The molecule has 1 aliphatic rings. The third-order valence-corrected chi connectivity index (χ3v) is 3.05. The van der Waals surface area contributed by atoms with Crippen LogP contribution in [0.25, 0.3) is 0 Å². The Bertz CT molecular complexity index is 414. The molecular formula is C14H19NO2. The average Bonchev–Trinajstić information content (AvgIpc) is 2.36. The Labute approximate surface area is 102 Å². The number of para-hydroxylation sites is 2. The summed E-state index contributed by atoms with van der Waals surface area (Å²) in [5, 5.41) is 0. The number of hydrogen-bond donors (Lipinski definition) is 0. The highest BCUT2D eigenvalue weighted by Gasteiger charge is 2.29. The molecule has 1 aromatic carbocycles. The minimum absolute atomic E-state index is 0.0127. The third kappa shape index (κ3) is 2.28. The van der Waals surface area contributed by atoms with Crippen molar-refractivity contribution >= 4 is 11.6 Å². The zero-order valence-corrected chi connectivity index (χ0v) is 10.6. The van der Waals surface area contributed by atoms with Gasteiger partial charge in [0.1, 0.15) is 11.9 Å². The van der Waals surface area contributed by atoms with Gasteiger partial charge in [0.15, 0.2) is 0 Å². The van der Waals surface area contributed by atoms with Gasteiger partial charge in [-0.2, -0.15) is 0 Å². The predicted molar refractivity (Wildman–Crippen MR) is 68.3 cm³/mol. The zero-order valence-electron chi connectivity index (χ0n) is 10.6. The summed E-state index contributed by atoms with van der Waals surface area (Å²) in [5.74, 6) is 0.998. The van der Waals surface area contributed by atoms with Crippen molar-refractivity contribution in [3.8, 4) is 5.75 Å². The number of ether oxygens (including phenoxy) is 1. The van der Waals surface area contributed by atoms with E-state index in [9.17, 15) is 4.79 Å². The van der Waals surface area contributed by atoms with E-state index in [1.807, 2.05) is 43.0 Å². The fourth-order valence-corrected chi connectivity index (χ4v) is 2.03. The van der Waals surface area contributed by atoms with Gasteiger partial charge in [0, 0.05) is 5.92 Å². The molecule has 0 fully saturated rings. The molecule has 1 atom stereocenters. The number of carbonyl (C=O) groups is 1. The molecule has 2 rings (SSSR count). The van der Waals surface area contributed by atoms with Crippen LogP contribution >= 0.6 is 0 Å². The van der Waals surface area contributed by atoms with Gasteiger partial charge >= 0.3 is 0 Å². The Morgan fingerprint density at radius 1 is 1.47 bits per heavy atom. The summed E-state index contributed by atoms with van der Waals surface area (Å²) in [6.07, 6.45) is 1.02. The van der Waals surface area contributed by atoms with Crippen LogP contribution in [-0.4, -0.2) is 18.6 Å². The molecule has 1 aromatic rings. The Kier molecular flexibility index (Phi) is 3.36. The van der Waals surface area contributed by atoms with E-state index in [1.165, 1.54) is 0 Å². The number of hydrogen-bond acceptors (Lipinski definition) is 2. The minimum Gasteiger partial charge on any atom is -0.486 e. The van der Waals surface area contributed by atoms with Gasteiger partial charge in [0.25, 0.3) is 0 Å². The molecule has 0 spiro atoms. The van der Waals surface area contributed by atoms with Crippen LogP contribution in [0, 0.1) is 5.92 Å². The highest BCUT2D eigenvalue weighted by molar-refractivity contribution is 5.96. The summed E-state index contributed by atoms with van der Waals surface area (Å²) in [6.45, 7) is 6.60. The number of nitrogens with zero attached hydrogens (tertiary/aromatic N) is 1. The molecule has 1 heterocycles. The van der Waals surface area contributed by atoms with Gasteiger partial charge in [-0.3, -0.25) is 4.79 Å². The zero-order chi connectivity index (χ0) is 12.4. The average molecular weight is 233 g/mol. The molecule has 3 nitrogen and oxygen atoms in total. The number of carbonyl (C=O) groups excluding carboxylic acids is 1. The highest BCUT2D eigenvalue weighted by Crippen LogP contribution is 2.34. The molecular weight excluding hydrogens is 214 g/mol. The molecule has 0 N–H and O–H groups in total. The lowest BCUT2D eigenvalue weighted by Gasteiger charge is -2.35. The van der Waals surface area contributed by atoms with Crippen molar-refractivity contribution in [2.24, 2.45) is 5.92 Å². The van der Waals surface area contributed by atoms with Crippen LogP contribution in [0.5, 0.6) is 5.75 Å². The SMILES string of the molecule is CCC1CN(C(=O)C(C)C)c2ccccc2O1. The van der Waals surface area contributed by atoms with E-state index >= 15 is 0 Å². The van der Waals surface area contributed by atoms with Crippen molar-refractivity contribution in [3.63, 3.8) is 0 Å². The number of amides is 1. The molecule has 17 heavy (non-hydrogen) atoms. The smallest absolute Gasteiger partial charge is 0.229 e. The summed E-state index contributed by atoms with van der Waals surface area (Å²) in [5.41, 5.74) is 0.899. The second-order valence-corrected chi connectivity index (χ2v) is 4.72. The van der Waals surface area contributed by atoms with Crippen molar-refractivity contribution in [2.45, 2.75) is 33.3 Å². The van der Waals surface area contributed by atoms with Gasteiger partial charge in [0.05, 0.1) is 12.2 Å². The first-order valence-electron chi connectivity index (χ1n) is 6.20. The van der Waals surface area contributed by atoms with Crippen LogP contribution in [0.1, 0.15) is 27.2 Å². The molecule has 0 radical (unpaired) electrons. The van der Waals surface area contributed by atoms with Crippen LogP contribution in [0.4, 0.5) is 5.69 Å². The van der Waals surface area contributed by atoms with Crippen molar-refractivity contribution in [2.75, 3.05) is 11.4 Å². The van der Waals surface area contributed by atoms with Crippen LogP contribution in [0.15, 0.2) is 24.3 Å². The first-order chi connectivity index (χ1) is 8.13. The maximum atomic E-state index is 12.2. The first-order valence-corrected chi connectivity index (χ1v) is 6.20. The Morgan fingerprint density at radius 3 is 2.82 bits per heavy atom. The summed E-state index contributed by atoms with van der Waals surface area (Å²) in [4.78, 5) is 14.1. The lowest BCUT2D eigenvalue weighted by molar-refractivity contribution is -0.121. The lowest BCUT2D eigenvalue weighted by atomic mass is 10.1. The Balaban J connectivity index is 2.35. The second-order valence-electron chi connectivity index (χ2n) is 4.72. The Morgan fingerprint density at radius 2 is 2.18 bits per heavy atom. The van der Waals surface area contributed by atoms with Gasteiger partial charge in [-0.1, -0.05) is 32.9 Å². The number of anilines is 1. The van der Waals surface area contributed by atoms with Crippen molar-refractivity contribution in [1.82, 2.24) is 0 Å². The molecule has 1 unspecified atom stereocenters. The Hall–Kier alpha value is -1.51. The van der Waals surface area contributed by atoms with Gasteiger partial charge in [0.2, 0.25) is 5.91 Å².